The third-order valence-electron chi connectivity index (χ3n) is 3.58. The van der Waals surface area contributed by atoms with Gasteiger partial charge in [-0.1, -0.05) is 12.1 Å². The van der Waals surface area contributed by atoms with Crippen LogP contribution in [0.4, 0.5) is 0 Å². The zero-order valence-electron chi connectivity index (χ0n) is 12.9. The van der Waals surface area contributed by atoms with E-state index in [1.165, 1.54) is 4.57 Å². The molecule has 23 heavy (non-hydrogen) atoms. The molecule has 2 aromatic heterocycles. The summed E-state index contributed by atoms with van der Waals surface area (Å²) < 4.78 is 6.50. The van der Waals surface area contributed by atoms with E-state index in [-0.39, 0.29) is 5.91 Å². The number of nitrogens with one attached hydrogen (secondary N) is 2. The Kier molecular flexibility index (Phi) is 3.96. The van der Waals surface area contributed by atoms with E-state index < -0.39 is 11.8 Å². The van der Waals surface area contributed by atoms with Crippen LogP contribution < -0.4 is 11.1 Å². The van der Waals surface area contributed by atoms with Crippen molar-refractivity contribution in [1.29, 1.82) is 0 Å². The number of nitrogens with zero attached hydrogens (tertiary/aromatic N) is 3. The van der Waals surface area contributed by atoms with Gasteiger partial charge in [-0.3, -0.25) is 14.5 Å². The molecule has 0 saturated heterocycles. The molecule has 0 fully saturated rings. The molecule has 1 amide bonds. The maximum atomic E-state index is 12.3. The van der Waals surface area contributed by atoms with Crippen LogP contribution in [0.15, 0.2) is 33.5 Å². The second-order valence-corrected chi connectivity index (χ2v) is 5.26. The van der Waals surface area contributed by atoms with E-state index in [0.29, 0.717) is 29.9 Å². The van der Waals surface area contributed by atoms with E-state index in [0.717, 1.165) is 5.82 Å². The summed E-state index contributed by atoms with van der Waals surface area (Å²) in [6.07, 6.45) is 0.518. The number of fused-ring (bicyclic) bond motifs is 1. The Morgan fingerprint density at radius 2 is 2.22 bits per heavy atom. The topological polar surface area (TPSA) is 106 Å². The van der Waals surface area contributed by atoms with Crippen molar-refractivity contribution in [1.82, 2.24) is 25.1 Å². The lowest BCUT2D eigenvalue weighted by molar-refractivity contribution is -0.123. The zero-order valence-corrected chi connectivity index (χ0v) is 12.9. The lowest BCUT2D eigenvalue weighted by Gasteiger charge is -2.12. The van der Waals surface area contributed by atoms with Gasteiger partial charge in [-0.15, -0.1) is 0 Å². The van der Waals surface area contributed by atoms with Gasteiger partial charge in [0.15, 0.2) is 11.4 Å². The number of aromatic nitrogens is 4. The van der Waals surface area contributed by atoms with E-state index in [1.807, 2.05) is 6.92 Å². The molecule has 0 saturated carbocycles. The molecule has 0 spiro atoms. The molecule has 0 aliphatic carbocycles. The van der Waals surface area contributed by atoms with Crippen LogP contribution in [0.5, 0.6) is 0 Å². The van der Waals surface area contributed by atoms with Crippen LogP contribution in [-0.2, 0) is 11.2 Å². The molecule has 0 aliphatic rings. The molecule has 1 aromatic carbocycles. The number of carbonyl (C=O) groups is 1. The fourth-order valence-corrected chi connectivity index (χ4v) is 2.41. The van der Waals surface area contributed by atoms with Crippen LogP contribution in [0.25, 0.3) is 11.1 Å². The van der Waals surface area contributed by atoms with Crippen molar-refractivity contribution in [3.8, 4) is 0 Å². The highest BCUT2D eigenvalue weighted by Crippen LogP contribution is 2.16. The predicted octanol–water partition coefficient (Wildman–Crippen LogP) is 0.941. The fourth-order valence-electron chi connectivity index (χ4n) is 2.41. The molecular weight excluding hydrogens is 298 g/mol. The monoisotopic (exact) mass is 315 g/mol. The molecule has 3 aromatic rings. The van der Waals surface area contributed by atoms with Crippen molar-refractivity contribution in [2.75, 3.05) is 6.54 Å². The summed E-state index contributed by atoms with van der Waals surface area (Å²) in [5.74, 6) is 0.571. The van der Waals surface area contributed by atoms with Crippen molar-refractivity contribution < 1.29 is 9.21 Å². The third-order valence-corrected chi connectivity index (χ3v) is 3.58. The molecular formula is C15H17N5O3. The van der Waals surface area contributed by atoms with Crippen LogP contribution in [0.2, 0.25) is 0 Å². The molecule has 120 valence electrons. The van der Waals surface area contributed by atoms with Crippen LogP contribution in [0, 0.1) is 6.92 Å². The number of benzene rings is 1. The smallest absolute Gasteiger partial charge is 0.408 e. The minimum absolute atomic E-state index is 0.258. The number of para-hydroxylation sites is 2. The molecule has 8 heteroatoms. The van der Waals surface area contributed by atoms with Crippen LogP contribution in [0.1, 0.15) is 24.6 Å². The third kappa shape index (κ3) is 3.01. The summed E-state index contributed by atoms with van der Waals surface area (Å²) in [4.78, 5) is 28.4. The number of amides is 1. The minimum Gasteiger partial charge on any atom is -0.408 e. The fraction of sp³-hybridized carbons (Fsp3) is 0.333. The summed E-state index contributed by atoms with van der Waals surface area (Å²) in [6, 6.07) is 6.35. The standard InChI is InChI=1S/C15H17N5O3/c1-9(14(21)16-8-7-13-17-10(2)18-19-13)20-11-5-3-4-6-12(11)23-15(20)22/h3-6,9H,7-8H2,1-2H3,(H,16,21)(H,17,18,19). The lowest BCUT2D eigenvalue weighted by atomic mass is 10.2. The summed E-state index contributed by atoms with van der Waals surface area (Å²) in [6.45, 7) is 3.87. The minimum atomic E-state index is -0.667. The molecule has 0 bridgehead atoms. The van der Waals surface area contributed by atoms with Gasteiger partial charge in [0.2, 0.25) is 5.91 Å². The van der Waals surface area contributed by atoms with E-state index >= 15 is 0 Å². The van der Waals surface area contributed by atoms with Crippen LogP contribution in [-0.4, -0.2) is 32.2 Å². The van der Waals surface area contributed by atoms with Gasteiger partial charge in [0.05, 0.1) is 5.52 Å². The van der Waals surface area contributed by atoms with Crippen LogP contribution in [0.3, 0.4) is 0 Å². The van der Waals surface area contributed by atoms with Gasteiger partial charge in [0, 0.05) is 13.0 Å². The van der Waals surface area contributed by atoms with Gasteiger partial charge >= 0.3 is 5.76 Å². The molecule has 3 rings (SSSR count). The Morgan fingerprint density at radius 3 is 2.96 bits per heavy atom. The Morgan fingerprint density at radius 1 is 1.43 bits per heavy atom. The molecule has 1 atom stereocenters. The second-order valence-electron chi connectivity index (χ2n) is 5.26. The summed E-state index contributed by atoms with van der Waals surface area (Å²) >= 11 is 0. The first-order chi connectivity index (χ1) is 11.1. The first-order valence-electron chi connectivity index (χ1n) is 7.32. The van der Waals surface area contributed by atoms with Gasteiger partial charge in [-0.25, -0.2) is 9.78 Å². The maximum Gasteiger partial charge on any atom is 0.420 e. The number of H-pyrrole nitrogens is 1. The average molecular weight is 315 g/mol. The molecule has 2 N–H and O–H groups in total. The van der Waals surface area contributed by atoms with Gasteiger partial charge < -0.3 is 9.73 Å². The summed E-state index contributed by atoms with van der Waals surface area (Å²) in [5.41, 5.74) is 1.07. The van der Waals surface area contributed by atoms with Crippen LogP contribution >= 0.6 is 0 Å². The Balaban J connectivity index is 1.69. The Bertz CT molecular complexity index is 892. The van der Waals surface area contributed by atoms with E-state index in [2.05, 4.69) is 20.5 Å². The molecule has 0 aliphatic heterocycles. The lowest BCUT2D eigenvalue weighted by Crippen LogP contribution is -2.35. The quantitative estimate of drug-likeness (QED) is 0.729. The van der Waals surface area contributed by atoms with E-state index in [1.54, 1.807) is 31.2 Å². The molecule has 2 heterocycles. The van der Waals surface area contributed by atoms with Gasteiger partial charge in [-0.05, 0) is 26.0 Å². The predicted molar refractivity (Wildman–Crippen MR) is 83.0 cm³/mol. The first-order valence-corrected chi connectivity index (χ1v) is 7.32. The van der Waals surface area contributed by atoms with E-state index in [4.69, 9.17) is 4.42 Å². The van der Waals surface area contributed by atoms with Crippen molar-refractivity contribution in [2.24, 2.45) is 0 Å². The number of hydrogen-bond acceptors (Lipinski definition) is 5. The number of rotatable bonds is 5. The molecule has 0 radical (unpaired) electrons. The first kappa shape index (κ1) is 15.0. The second kappa shape index (κ2) is 6.07. The number of hydrogen-bond donors (Lipinski definition) is 2. The highest BCUT2D eigenvalue weighted by atomic mass is 16.4. The summed E-state index contributed by atoms with van der Waals surface area (Å²) in [7, 11) is 0. The van der Waals surface area contributed by atoms with Crippen molar-refractivity contribution >= 4 is 17.0 Å². The van der Waals surface area contributed by atoms with Gasteiger partial charge in [0.1, 0.15) is 11.9 Å². The average Bonchev–Trinajstić information content (AvgIpc) is 3.08. The number of aryl methyl sites for hydroxylation is 1. The number of carbonyl (C=O) groups excluding carboxylic acids is 1. The van der Waals surface area contributed by atoms with Gasteiger partial charge in [0.25, 0.3) is 0 Å². The highest BCUT2D eigenvalue weighted by molar-refractivity contribution is 5.82. The Hall–Kier alpha value is -2.90. The Labute approximate surface area is 131 Å². The molecule has 8 nitrogen and oxygen atoms in total. The number of oxazole rings is 1. The van der Waals surface area contributed by atoms with Crippen molar-refractivity contribution in [3.63, 3.8) is 0 Å². The van der Waals surface area contributed by atoms with Gasteiger partial charge in [-0.2, -0.15) is 5.10 Å². The SMILES string of the molecule is Cc1nc(CCNC(=O)C(C)n2c(=O)oc3ccccc32)n[nH]1. The van der Waals surface area contributed by atoms with Crippen molar-refractivity contribution in [3.05, 3.63) is 46.5 Å². The zero-order chi connectivity index (χ0) is 16.4. The summed E-state index contributed by atoms with van der Waals surface area (Å²) in [5, 5.41) is 9.54. The molecule has 1 unspecified atom stereocenters. The van der Waals surface area contributed by atoms with E-state index in [9.17, 15) is 9.59 Å². The maximum absolute atomic E-state index is 12.3. The highest BCUT2D eigenvalue weighted by Gasteiger charge is 2.20. The largest absolute Gasteiger partial charge is 0.420 e. The number of aromatic amines is 1. The van der Waals surface area contributed by atoms with Crippen molar-refractivity contribution in [2.45, 2.75) is 26.3 Å². The normalized spacial score (nSPS) is 12.4.